The molecule has 0 radical (unpaired) electrons. The molecule has 6 heteroatoms. The van der Waals surface area contributed by atoms with E-state index in [4.69, 9.17) is 21.8 Å². The van der Waals surface area contributed by atoms with Crippen molar-refractivity contribution in [2.24, 2.45) is 0 Å². The number of carboxylic acids is 2. The van der Waals surface area contributed by atoms with Crippen molar-refractivity contribution in [1.82, 2.24) is 5.32 Å². The van der Waals surface area contributed by atoms with Crippen LogP contribution >= 0.6 is 11.6 Å². The Morgan fingerprint density at radius 1 is 1.19 bits per heavy atom. The minimum Gasteiger partial charge on any atom is -0.478 e. The maximum absolute atomic E-state index is 9.55. The van der Waals surface area contributed by atoms with Crippen molar-refractivity contribution in [3.05, 3.63) is 47.0 Å². The zero-order chi connectivity index (χ0) is 15.7. The summed E-state index contributed by atoms with van der Waals surface area (Å²) >= 11 is 6.13. The van der Waals surface area contributed by atoms with Crippen LogP contribution in [0.15, 0.2) is 36.4 Å². The third-order valence-electron chi connectivity index (χ3n) is 3.01. The van der Waals surface area contributed by atoms with Gasteiger partial charge in [0.1, 0.15) is 0 Å². The number of rotatable bonds is 3. The van der Waals surface area contributed by atoms with Crippen molar-refractivity contribution in [2.75, 3.05) is 13.1 Å². The second-order valence-corrected chi connectivity index (χ2v) is 4.98. The maximum atomic E-state index is 9.55. The molecule has 1 aliphatic rings. The van der Waals surface area contributed by atoms with Crippen LogP contribution in [0.25, 0.3) is 0 Å². The first kappa shape index (κ1) is 17.2. The lowest BCUT2D eigenvalue weighted by molar-refractivity contribution is -0.134. The number of carboxylic acid groups (broad SMARTS) is 2. The molecule has 1 fully saturated rings. The predicted molar refractivity (Wildman–Crippen MR) is 80.7 cm³/mol. The van der Waals surface area contributed by atoms with Crippen LogP contribution in [0.1, 0.15) is 24.3 Å². The van der Waals surface area contributed by atoms with E-state index >= 15 is 0 Å². The van der Waals surface area contributed by atoms with Crippen molar-refractivity contribution >= 4 is 23.5 Å². The molecule has 1 aromatic carbocycles. The molecule has 21 heavy (non-hydrogen) atoms. The Morgan fingerprint density at radius 2 is 1.81 bits per heavy atom. The molecule has 5 nitrogen and oxygen atoms in total. The molecular weight excluding hydrogens is 294 g/mol. The van der Waals surface area contributed by atoms with Gasteiger partial charge in [0.05, 0.1) is 0 Å². The Hall–Kier alpha value is -1.85. The second-order valence-electron chi connectivity index (χ2n) is 4.57. The van der Waals surface area contributed by atoms with Gasteiger partial charge in [-0.25, -0.2) is 9.59 Å². The first-order chi connectivity index (χ1) is 10.0. The first-order valence-electron chi connectivity index (χ1n) is 6.59. The lowest BCUT2D eigenvalue weighted by atomic mass is 9.92. The van der Waals surface area contributed by atoms with Gasteiger partial charge in [-0.3, -0.25) is 0 Å². The van der Waals surface area contributed by atoms with Crippen molar-refractivity contribution in [2.45, 2.75) is 18.8 Å². The molecule has 0 spiro atoms. The fraction of sp³-hybridized carbons (Fsp3) is 0.333. The molecule has 1 saturated heterocycles. The van der Waals surface area contributed by atoms with Crippen molar-refractivity contribution in [3.63, 3.8) is 0 Å². The van der Waals surface area contributed by atoms with E-state index in [-0.39, 0.29) is 0 Å². The van der Waals surface area contributed by atoms with E-state index in [1.54, 1.807) is 0 Å². The van der Waals surface area contributed by atoms with Gasteiger partial charge >= 0.3 is 11.9 Å². The molecule has 1 atom stereocenters. The van der Waals surface area contributed by atoms with Gasteiger partial charge in [0.15, 0.2) is 0 Å². The van der Waals surface area contributed by atoms with Gasteiger partial charge < -0.3 is 15.5 Å². The summed E-state index contributed by atoms with van der Waals surface area (Å²) in [5.41, 5.74) is 1.30. The van der Waals surface area contributed by atoms with Gasteiger partial charge in [0.25, 0.3) is 0 Å². The van der Waals surface area contributed by atoms with Gasteiger partial charge in [-0.1, -0.05) is 29.8 Å². The Bertz CT molecular complexity index is 494. The highest BCUT2D eigenvalue weighted by Crippen LogP contribution is 2.28. The van der Waals surface area contributed by atoms with Crippen molar-refractivity contribution < 1.29 is 19.8 Å². The number of carbonyl (C=O) groups is 2. The van der Waals surface area contributed by atoms with Gasteiger partial charge in [-0.15, -0.1) is 0 Å². The van der Waals surface area contributed by atoms with E-state index in [9.17, 15) is 9.59 Å². The number of hydrogen-bond acceptors (Lipinski definition) is 3. The predicted octanol–water partition coefficient (Wildman–Crippen LogP) is 2.52. The summed E-state index contributed by atoms with van der Waals surface area (Å²) in [6.07, 6.45) is 3.64. The largest absolute Gasteiger partial charge is 0.478 e. The van der Waals surface area contributed by atoms with E-state index in [2.05, 4.69) is 17.4 Å². The van der Waals surface area contributed by atoms with Crippen LogP contribution < -0.4 is 5.32 Å². The summed E-state index contributed by atoms with van der Waals surface area (Å²) in [5, 5.41) is 19.9. The minimum absolute atomic E-state index is 0.558. The molecule has 114 valence electrons. The summed E-state index contributed by atoms with van der Waals surface area (Å²) in [6, 6.07) is 8.17. The summed E-state index contributed by atoms with van der Waals surface area (Å²) in [6.45, 7) is 2.23. The number of hydrogen-bond donors (Lipinski definition) is 3. The molecule has 0 amide bonds. The minimum atomic E-state index is -1.26. The average molecular weight is 312 g/mol. The van der Waals surface area contributed by atoms with Gasteiger partial charge in [0.2, 0.25) is 0 Å². The highest BCUT2D eigenvalue weighted by atomic mass is 35.5. The number of benzene rings is 1. The topological polar surface area (TPSA) is 86.6 Å². The molecule has 0 saturated carbocycles. The smallest absolute Gasteiger partial charge is 0.328 e. The van der Waals surface area contributed by atoms with E-state index in [0.29, 0.717) is 18.1 Å². The van der Waals surface area contributed by atoms with E-state index in [1.165, 1.54) is 18.4 Å². The lowest BCUT2D eigenvalue weighted by Crippen LogP contribution is -2.28. The number of halogens is 1. The molecule has 0 aromatic heterocycles. The molecule has 3 N–H and O–H groups in total. The Morgan fingerprint density at radius 3 is 2.29 bits per heavy atom. The Labute approximate surface area is 128 Å². The summed E-state index contributed by atoms with van der Waals surface area (Å²) < 4.78 is 0. The summed E-state index contributed by atoms with van der Waals surface area (Å²) in [5.74, 6) is -1.90. The van der Waals surface area contributed by atoms with Crippen molar-refractivity contribution in [1.29, 1.82) is 0 Å². The number of nitrogens with one attached hydrogen (secondary N) is 1. The van der Waals surface area contributed by atoms with Crippen molar-refractivity contribution in [3.8, 4) is 0 Å². The second kappa shape index (κ2) is 9.15. The Kier molecular flexibility index (Phi) is 7.50. The molecular formula is C15H18ClNO4. The summed E-state index contributed by atoms with van der Waals surface area (Å²) in [4.78, 5) is 19.1. The van der Waals surface area contributed by atoms with Crippen LogP contribution in [-0.4, -0.2) is 35.2 Å². The monoisotopic (exact) mass is 311 g/mol. The van der Waals surface area contributed by atoms with E-state index < -0.39 is 11.9 Å². The quantitative estimate of drug-likeness (QED) is 0.747. The van der Waals surface area contributed by atoms with E-state index in [0.717, 1.165) is 18.1 Å². The molecule has 0 bridgehead atoms. The van der Waals surface area contributed by atoms with Crippen LogP contribution in [0.5, 0.6) is 0 Å². The molecule has 2 rings (SSSR count). The average Bonchev–Trinajstić information content (AvgIpc) is 2.47. The van der Waals surface area contributed by atoms with Crippen LogP contribution in [0.4, 0.5) is 0 Å². The van der Waals surface area contributed by atoms with E-state index in [1.807, 2.05) is 12.1 Å². The SMILES string of the molecule is Clc1ccccc1C1CCCNC1.O=C(O)/C=C/C(=O)O. The normalized spacial score (nSPS) is 17.9. The fourth-order valence-electron chi connectivity index (χ4n) is 2.07. The molecule has 1 heterocycles. The fourth-order valence-corrected chi connectivity index (χ4v) is 2.36. The molecule has 1 aliphatic heterocycles. The number of piperidine rings is 1. The maximum Gasteiger partial charge on any atom is 0.328 e. The third-order valence-corrected chi connectivity index (χ3v) is 3.35. The highest BCUT2D eigenvalue weighted by molar-refractivity contribution is 6.31. The standard InChI is InChI=1S/C11H14ClN.C4H4O4/c12-11-6-2-1-5-10(11)9-4-3-7-13-8-9;5-3(6)1-2-4(7)8/h1-2,5-6,9,13H,3-4,7-8H2;1-2H,(H,5,6)(H,7,8)/b;2-1+. The summed E-state index contributed by atoms with van der Waals surface area (Å²) in [7, 11) is 0. The van der Waals surface area contributed by atoms with Crippen LogP contribution in [0.2, 0.25) is 5.02 Å². The zero-order valence-corrected chi connectivity index (χ0v) is 12.2. The van der Waals surface area contributed by atoms with Crippen LogP contribution in [0, 0.1) is 0 Å². The molecule has 1 aromatic rings. The van der Waals surface area contributed by atoms with Gasteiger partial charge in [-0.2, -0.15) is 0 Å². The van der Waals surface area contributed by atoms with Crippen LogP contribution in [0.3, 0.4) is 0 Å². The first-order valence-corrected chi connectivity index (χ1v) is 6.97. The zero-order valence-electron chi connectivity index (χ0n) is 11.5. The highest BCUT2D eigenvalue weighted by Gasteiger charge is 2.16. The molecule has 1 unspecified atom stereocenters. The molecule has 0 aliphatic carbocycles. The van der Waals surface area contributed by atoms with Gasteiger partial charge in [0, 0.05) is 23.7 Å². The lowest BCUT2D eigenvalue weighted by Gasteiger charge is -2.23. The van der Waals surface area contributed by atoms with Crippen LogP contribution in [-0.2, 0) is 9.59 Å². The van der Waals surface area contributed by atoms with Gasteiger partial charge in [-0.05, 0) is 36.9 Å². The third kappa shape index (κ3) is 6.92. The Balaban J connectivity index is 0.000000240. The number of aliphatic carboxylic acids is 2.